The Morgan fingerprint density at radius 3 is 2.92 bits per heavy atom. The Morgan fingerprint density at radius 1 is 1.25 bits per heavy atom. The van der Waals surface area contributed by atoms with E-state index < -0.39 is 0 Å². The normalized spacial score (nSPS) is 11.0. The molecule has 0 aliphatic carbocycles. The van der Waals surface area contributed by atoms with Crippen LogP contribution in [0.5, 0.6) is 0 Å². The summed E-state index contributed by atoms with van der Waals surface area (Å²) in [5, 5.41) is 13.0. The number of aromatic nitrogens is 3. The molecule has 3 rings (SSSR count). The van der Waals surface area contributed by atoms with Crippen LogP contribution in [0.15, 0.2) is 28.6 Å². The van der Waals surface area contributed by atoms with Crippen LogP contribution in [0.25, 0.3) is 10.2 Å². The van der Waals surface area contributed by atoms with Gasteiger partial charge < -0.3 is 5.32 Å². The van der Waals surface area contributed by atoms with Crippen molar-refractivity contribution in [3.63, 3.8) is 0 Å². The highest BCUT2D eigenvalue weighted by Gasteiger charge is 2.07. The molecule has 0 fully saturated rings. The molecule has 3 aromatic rings. The van der Waals surface area contributed by atoms with Crippen molar-refractivity contribution >= 4 is 50.6 Å². The molecule has 1 N–H and O–H groups in total. The lowest BCUT2D eigenvalue weighted by atomic mass is 10.3. The third kappa shape index (κ3) is 4.99. The van der Waals surface area contributed by atoms with E-state index in [1.54, 1.807) is 34.4 Å². The van der Waals surface area contributed by atoms with E-state index in [4.69, 9.17) is 0 Å². The zero-order valence-electron chi connectivity index (χ0n) is 13.3. The lowest BCUT2D eigenvalue weighted by Gasteiger charge is -2.03. The summed E-state index contributed by atoms with van der Waals surface area (Å²) < 4.78 is 2.17. The number of benzene rings is 1. The van der Waals surface area contributed by atoms with E-state index in [-0.39, 0.29) is 5.91 Å². The van der Waals surface area contributed by atoms with E-state index in [9.17, 15) is 4.79 Å². The van der Waals surface area contributed by atoms with Gasteiger partial charge in [0.15, 0.2) is 4.34 Å². The van der Waals surface area contributed by atoms with Crippen LogP contribution in [0.3, 0.4) is 0 Å². The van der Waals surface area contributed by atoms with E-state index in [0.29, 0.717) is 19.4 Å². The van der Waals surface area contributed by atoms with Crippen LogP contribution in [0.2, 0.25) is 0 Å². The molecule has 0 radical (unpaired) electrons. The molecule has 1 amide bonds. The van der Waals surface area contributed by atoms with Crippen molar-refractivity contribution in [1.82, 2.24) is 20.5 Å². The van der Waals surface area contributed by atoms with Crippen molar-refractivity contribution in [2.24, 2.45) is 0 Å². The van der Waals surface area contributed by atoms with Crippen LogP contribution in [-0.2, 0) is 11.2 Å². The summed E-state index contributed by atoms with van der Waals surface area (Å²) in [6, 6.07) is 8.07. The number of hydrogen-bond donors (Lipinski definition) is 1. The van der Waals surface area contributed by atoms with Gasteiger partial charge in [-0.05, 0) is 25.5 Å². The molecule has 5 nitrogen and oxygen atoms in total. The van der Waals surface area contributed by atoms with Crippen molar-refractivity contribution in [3.05, 3.63) is 34.3 Å². The second kappa shape index (κ2) is 8.55. The van der Waals surface area contributed by atoms with Crippen molar-refractivity contribution in [3.8, 4) is 0 Å². The number of nitrogens with zero attached hydrogens (tertiary/aromatic N) is 3. The fraction of sp³-hybridized carbons (Fsp3) is 0.375. The summed E-state index contributed by atoms with van der Waals surface area (Å²) in [7, 11) is 0. The lowest BCUT2D eigenvalue weighted by molar-refractivity contribution is -0.121. The molecule has 2 heterocycles. The molecule has 2 aromatic heterocycles. The average molecular weight is 379 g/mol. The molecule has 0 spiro atoms. The van der Waals surface area contributed by atoms with Gasteiger partial charge in [0.2, 0.25) is 5.91 Å². The summed E-state index contributed by atoms with van der Waals surface area (Å²) in [6.07, 6.45) is 2.11. The molecular formula is C16H18N4OS3. The minimum absolute atomic E-state index is 0.0889. The molecule has 24 heavy (non-hydrogen) atoms. The van der Waals surface area contributed by atoms with Crippen LogP contribution < -0.4 is 5.32 Å². The minimum Gasteiger partial charge on any atom is -0.356 e. The Bertz CT molecular complexity index is 781. The van der Waals surface area contributed by atoms with Crippen LogP contribution in [0, 0.1) is 6.92 Å². The van der Waals surface area contributed by atoms with Crippen molar-refractivity contribution in [2.45, 2.75) is 30.5 Å². The highest BCUT2D eigenvalue weighted by molar-refractivity contribution is 8.01. The molecule has 0 aliphatic heterocycles. The number of hydrogen-bond acceptors (Lipinski definition) is 7. The van der Waals surface area contributed by atoms with Gasteiger partial charge in [-0.25, -0.2) is 4.98 Å². The standard InChI is InChI=1S/C16H18N4OS3/c1-11-19-20-16(23-11)22-10-4-9-17-14(21)7-8-15-18-12-5-2-3-6-13(12)24-15/h2-3,5-6H,4,7-10H2,1H3,(H,17,21). The number of thioether (sulfide) groups is 1. The number of carbonyl (C=O) groups is 1. The Balaban J connectivity index is 1.32. The molecule has 0 unspecified atom stereocenters. The van der Waals surface area contributed by atoms with Crippen molar-refractivity contribution in [1.29, 1.82) is 0 Å². The highest BCUT2D eigenvalue weighted by atomic mass is 32.2. The quantitative estimate of drug-likeness (QED) is 0.478. The van der Waals surface area contributed by atoms with Gasteiger partial charge in [0, 0.05) is 25.1 Å². The number of carbonyl (C=O) groups excluding carboxylic acids is 1. The van der Waals surface area contributed by atoms with Gasteiger partial charge in [-0.1, -0.05) is 35.2 Å². The first kappa shape index (κ1) is 17.3. The Labute approximate surface area is 152 Å². The van der Waals surface area contributed by atoms with Crippen molar-refractivity contribution < 1.29 is 4.79 Å². The number of aryl methyl sites for hydroxylation is 2. The molecule has 126 valence electrons. The number of amides is 1. The maximum atomic E-state index is 11.9. The Hall–Kier alpha value is -1.51. The monoisotopic (exact) mass is 378 g/mol. The Morgan fingerprint density at radius 2 is 2.12 bits per heavy atom. The predicted molar refractivity (Wildman–Crippen MR) is 101 cm³/mol. The largest absolute Gasteiger partial charge is 0.356 e. The fourth-order valence-corrected chi connectivity index (χ4v) is 4.92. The van der Waals surface area contributed by atoms with Crippen LogP contribution >= 0.6 is 34.4 Å². The first-order valence-corrected chi connectivity index (χ1v) is 10.4. The smallest absolute Gasteiger partial charge is 0.220 e. The molecular weight excluding hydrogens is 360 g/mol. The van der Waals surface area contributed by atoms with Gasteiger partial charge in [0.25, 0.3) is 0 Å². The average Bonchev–Trinajstić information content (AvgIpc) is 3.18. The SMILES string of the molecule is Cc1nnc(SCCCNC(=O)CCc2nc3ccccc3s2)s1. The number of nitrogens with one attached hydrogen (secondary N) is 1. The predicted octanol–water partition coefficient (Wildman–Crippen LogP) is 3.69. The molecule has 8 heteroatoms. The lowest BCUT2D eigenvalue weighted by Crippen LogP contribution is -2.24. The number of thiazole rings is 1. The van der Waals surface area contributed by atoms with Gasteiger partial charge in [0.05, 0.1) is 15.2 Å². The summed E-state index contributed by atoms with van der Waals surface area (Å²) in [4.78, 5) is 16.5. The number of para-hydroxylation sites is 1. The highest BCUT2D eigenvalue weighted by Crippen LogP contribution is 2.23. The van der Waals surface area contributed by atoms with Crippen LogP contribution in [0.4, 0.5) is 0 Å². The zero-order valence-corrected chi connectivity index (χ0v) is 15.8. The summed E-state index contributed by atoms with van der Waals surface area (Å²) >= 11 is 4.96. The first-order chi connectivity index (χ1) is 11.7. The second-order valence-corrected chi connectivity index (χ2v) is 8.85. The third-order valence-electron chi connectivity index (χ3n) is 3.28. The fourth-order valence-electron chi connectivity index (χ4n) is 2.13. The zero-order chi connectivity index (χ0) is 16.8. The van der Waals surface area contributed by atoms with Crippen LogP contribution in [0.1, 0.15) is 22.9 Å². The van der Waals surface area contributed by atoms with Gasteiger partial charge in [-0.2, -0.15) is 0 Å². The topological polar surface area (TPSA) is 67.8 Å². The molecule has 0 atom stereocenters. The third-order valence-corrected chi connectivity index (χ3v) is 6.43. The summed E-state index contributed by atoms with van der Waals surface area (Å²) in [6.45, 7) is 2.65. The molecule has 0 saturated carbocycles. The van der Waals surface area contributed by atoms with E-state index in [1.807, 2.05) is 25.1 Å². The number of fused-ring (bicyclic) bond motifs is 1. The van der Waals surface area contributed by atoms with Crippen molar-refractivity contribution in [2.75, 3.05) is 12.3 Å². The van der Waals surface area contributed by atoms with Gasteiger partial charge in [0.1, 0.15) is 5.01 Å². The summed E-state index contributed by atoms with van der Waals surface area (Å²) in [5.41, 5.74) is 1.02. The van der Waals surface area contributed by atoms with Gasteiger partial charge in [-0.3, -0.25) is 4.79 Å². The minimum atomic E-state index is 0.0889. The van der Waals surface area contributed by atoms with E-state index in [2.05, 4.69) is 26.6 Å². The molecule has 0 bridgehead atoms. The molecule has 0 aliphatic rings. The number of rotatable bonds is 8. The summed E-state index contributed by atoms with van der Waals surface area (Å²) in [5.74, 6) is 1.03. The van der Waals surface area contributed by atoms with E-state index in [1.165, 1.54) is 4.70 Å². The van der Waals surface area contributed by atoms with Crippen LogP contribution in [-0.4, -0.2) is 33.4 Å². The van der Waals surface area contributed by atoms with E-state index in [0.717, 1.165) is 32.0 Å². The van der Waals surface area contributed by atoms with Gasteiger partial charge >= 0.3 is 0 Å². The molecule has 0 saturated heterocycles. The first-order valence-electron chi connectivity index (χ1n) is 7.75. The second-order valence-electron chi connectivity index (χ2n) is 5.21. The maximum absolute atomic E-state index is 11.9. The van der Waals surface area contributed by atoms with Gasteiger partial charge in [-0.15, -0.1) is 21.5 Å². The Kier molecular flexibility index (Phi) is 6.17. The molecule has 1 aromatic carbocycles. The maximum Gasteiger partial charge on any atom is 0.220 e. The van der Waals surface area contributed by atoms with E-state index >= 15 is 0 Å².